The molecule has 5 rings (SSSR count). The van der Waals surface area contributed by atoms with Crippen molar-refractivity contribution in [2.75, 3.05) is 26.2 Å². The van der Waals surface area contributed by atoms with Crippen molar-refractivity contribution >= 4 is 5.91 Å². The molecule has 0 unspecified atom stereocenters. The van der Waals surface area contributed by atoms with Crippen molar-refractivity contribution < 1.29 is 4.79 Å². The molecule has 0 aromatic carbocycles. The van der Waals surface area contributed by atoms with Crippen molar-refractivity contribution in [3.8, 4) is 0 Å². The van der Waals surface area contributed by atoms with Crippen LogP contribution in [0.15, 0.2) is 0 Å². The SMILES string of the molecule is O=C(CC12CC3CC(CC(C3)C1)C2)NCCN1CCCCC1. The van der Waals surface area contributed by atoms with Crippen LogP contribution in [-0.4, -0.2) is 37.0 Å². The molecule has 0 radical (unpaired) electrons. The van der Waals surface area contributed by atoms with Crippen LogP contribution in [0.1, 0.15) is 64.2 Å². The van der Waals surface area contributed by atoms with Crippen molar-refractivity contribution in [2.45, 2.75) is 64.2 Å². The van der Waals surface area contributed by atoms with E-state index in [0.717, 1.165) is 37.3 Å². The highest BCUT2D eigenvalue weighted by atomic mass is 16.1. The van der Waals surface area contributed by atoms with E-state index in [4.69, 9.17) is 0 Å². The molecule has 4 aliphatic carbocycles. The van der Waals surface area contributed by atoms with Crippen LogP contribution < -0.4 is 5.32 Å². The van der Waals surface area contributed by atoms with Crippen LogP contribution in [0.3, 0.4) is 0 Å². The van der Waals surface area contributed by atoms with E-state index in [1.54, 1.807) is 0 Å². The fourth-order valence-electron chi connectivity index (χ4n) is 6.45. The molecule has 0 aromatic rings. The first-order valence-electron chi connectivity index (χ1n) is 9.70. The van der Waals surface area contributed by atoms with Crippen molar-refractivity contribution in [3.63, 3.8) is 0 Å². The number of carbonyl (C=O) groups is 1. The van der Waals surface area contributed by atoms with E-state index >= 15 is 0 Å². The number of hydrogen-bond acceptors (Lipinski definition) is 2. The predicted octanol–water partition coefficient (Wildman–Crippen LogP) is 3.20. The summed E-state index contributed by atoms with van der Waals surface area (Å²) in [6, 6.07) is 0. The molecule has 0 atom stereocenters. The summed E-state index contributed by atoms with van der Waals surface area (Å²) in [6.07, 6.45) is 13.3. The third-order valence-corrected chi connectivity index (χ3v) is 6.90. The van der Waals surface area contributed by atoms with Crippen molar-refractivity contribution in [3.05, 3.63) is 0 Å². The third-order valence-electron chi connectivity index (χ3n) is 6.90. The van der Waals surface area contributed by atoms with Crippen LogP contribution in [0.2, 0.25) is 0 Å². The zero-order valence-electron chi connectivity index (χ0n) is 14.0. The molecule has 5 fully saturated rings. The van der Waals surface area contributed by atoms with E-state index in [0.29, 0.717) is 11.3 Å². The summed E-state index contributed by atoms with van der Waals surface area (Å²) in [5.74, 6) is 3.19. The number of nitrogens with zero attached hydrogens (tertiary/aromatic N) is 1. The highest BCUT2D eigenvalue weighted by Crippen LogP contribution is 2.61. The zero-order chi connectivity index (χ0) is 15.0. The van der Waals surface area contributed by atoms with Gasteiger partial charge in [0, 0.05) is 19.5 Å². The van der Waals surface area contributed by atoms with Crippen LogP contribution in [0, 0.1) is 23.2 Å². The largest absolute Gasteiger partial charge is 0.355 e. The van der Waals surface area contributed by atoms with E-state index in [9.17, 15) is 4.79 Å². The number of hydrogen-bond donors (Lipinski definition) is 1. The average molecular weight is 304 g/mol. The Bertz CT molecular complexity index is 378. The van der Waals surface area contributed by atoms with Gasteiger partial charge in [0.15, 0.2) is 0 Å². The van der Waals surface area contributed by atoms with Gasteiger partial charge in [-0.25, -0.2) is 0 Å². The number of piperidine rings is 1. The maximum Gasteiger partial charge on any atom is 0.220 e. The minimum Gasteiger partial charge on any atom is -0.355 e. The Hall–Kier alpha value is -0.570. The summed E-state index contributed by atoms with van der Waals surface area (Å²) in [7, 11) is 0. The molecule has 0 spiro atoms. The minimum atomic E-state index is 0.332. The summed E-state index contributed by atoms with van der Waals surface area (Å²) in [5.41, 5.74) is 0.393. The second-order valence-corrected chi connectivity index (χ2v) is 8.85. The highest BCUT2D eigenvalue weighted by molar-refractivity contribution is 5.76. The number of rotatable bonds is 5. The highest BCUT2D eigenvalue weighted by Gasteiger charge is 2.51. The Balaban J connectivity index is 1.24. The first-order valence-corrected chi connectivity index (χ1v) is 9.70. The normalized spacial score (nSPS) is 40.8. The van der Waals surface area contributed by atoms with Gasteiger partial charge in [-0.05, 0) is 87.6 Å². The first kappa shape index (κ1) is 15.0. The maximum absolute atomic E-state index is 12.4. The quantitative estimate of drug-likeness (QED) is 0.846. The molecule has 4 saturated carbocycles. The van der Waals surface area contributed by atoms with Crippen LogP contribution in [0.5, 0.6) is 0 Å². The van der Waals surface area contributed by atoms with E-state index in [2.05, 4.69) is 10.2 Å². The molecular weight excluding hydrogens is 272 g/mol. The fourth-order valence-corrected chi connectivity index (χ4v) is 6.45. The van der Waals surface area contributed by atoms with E-state index in [1.165, 1.54) is 70.9 Å². The van der Waals surface area contributed by atoms with Gasteiger partial charge in [0.05, 0.1) is 0 Å². The van der Waals surface area contributed by atoms with Crippen LogP contribution in [0.25, 0.3) is 0 Å². The zero-order valence-corrected chi connectivity index (χ0v) is 14.0. The summed E-state index contributed by atoms with van der Waals surface area (Å²) in [5, 5.41) is 3.22. The maximum atomic E-state index is 12.4. The molecule has 4 bridgehead atoms. The average Bonchev–Trinajstić information content (AvgIpc) is 2.46. The smallest absolute Gasteiger partial charge is 0.220 e. The van der Waals surface area contributed by atoms with E-state index in [1.807, 2.05) is 0 Å². The first-order chi connectivity index (χ1) is 10.7. The Labute approximate surface area is 135 Å². The topological polar surface area (TPSA) is 32.3 Å². The van der Waals surface area contributed by atoms with Crippen molar-refractivity contribution in [1.82, 2.24) is 10.2 Å². The van der Waals surface area contributed by atoms with E-state index in [-0.39, 0.29) is 0 Å². The van der Waals surface area contributed by atoms with Gasteiger partial charge in [0.2, 0.25) is 5.91 Å². The van der Waals surface area contributed by atoms with Gasteiger partial charge in [-0.3, -0.25) is 4.79 Å². The molecule has 1 aliphatic heterocycles. The molecule has 1 amide bonds. The summed E-state index contributed by atoms with van der Waals surface area (Å²) >= 11 is 0. The summed E-state index contributed by atoms with van der Waals surface area (Å²) in [4.78, 5) is 14.9. The van der Waals surface area contributed by atoms with Gasteiger partial charge < -0.3 is 10.2 Å². The molecule has 124 valence electrons. The molecule has 3 heteroatoms. The van der Waals surface area contributed by atoms with Gasteiger partial charge in [0.25, 0.3) is 0 Å². The van der Waals surface area contributed by atoms with Crippen LogP contribution >= 0.6 is 0 Å². The Kier molecular flexibility index (Phi) is 4.19. The number of likely N-dealkylation sites (tertiary alicyclic amines) is 1. The van der Waals surface area contributed by atoms with Crippen molar-refractivity contribution in [1.29, 1.82) is 0 Å². The standard InChI is InChI=1S/C19H32N2O/c22-18(20-4-7-21-5-2-1-3-6-21)14-19-11-15-8-16(12-19)10-17(9-15)13-19/h15-17H,1-14H2,(H,20,22). The molecule has 1 saturated heterocycles. The number of amides is 1. The molecule has 3 nitrogen and oxygen atoms in total. The molecule has 22 heavy (non-hydrogen) atoms. The summed E-state index contributed by atoms with van der Waals surface area (Å²) in [6.45, 7) is 4.35. The fraction of sp³-hybridized carbons (Fsp3) is 0.947. The lowest BCUT2D eigenvalue weighted by Gasteiger charge is -2.56. The number of nitrogens with one attached hydrogen (secondary N) is 1. The second-order valence-electron chi connectivity index (χ2n) is 8.85. The Morgan fingerprint density at radius 1 is 0.955 bits per heavy atom. The molecular formula is C19H32N2O. The molecule has 1 heterocycles. The lowest BCUT2D eigenvalue weighted by atomic mass is 9.49. The van der Waals surface area contributed by atoms with Gasteiger partial charge in [-0.15, -0.1) is 0 Å². The van der Waals surface area contributed by atoms with E-state index < -0.39 is 0 Å². The second kappa shape index (κ2) is 6.14. The molecule has 5 aliphatic rings. The lowest BCUT2D eigenvalue weighted by molar-refractivity contribution is -0.129. The van der Waals surface area contributed by atoms with Crippen LogP contribution in [0.4, 0.5) is 0 Å². The summed E-state index contributed by atoms with van der Waals surface area (Å²) < 4.78 is 0. The minimum absolute atomic E-state index is 0.332. The van der Waals surface area contributed by atoms with Gasteiger partial charge >= 0.3 is 0 Å². The Morgan fingerprint density at radius 2 is 1.55 bits per heavy atom. The monoisotopic (exact) mass is 304 g/mol. The molecule has 1 N–H and O–H groups in total. The van der Waals surface area contributed by atoms with Crippen molar-refractivity contribution in [2.24, 2.45) is 23.2 Å². The van der Waals surface area contributed by atoms with Gasteiger partial charge in [0.1, 0.15) is 0 Å². The molecule has 0 aromatic heterocycles. The van der Waals surface area contributed by atoms with Gasteiger partial charge in [-0.2, -0.15) is 0 Å². The van der Waals surface area contributed by atoms with Gasteiger partial charge in [-0.1, -0.05) is 6.42 Å². The Morgan fingerprint density at radius 3 is 2.14 bits per heavy atom. The lowest BCUT2D eigenvalue weighted by Crippen LogP contribution is -2.48. The van der Waals surface area contributed by atoms with Crippen LogP contribution in [-0.2, 0) is 4.79 Å². The third kappa shape index (κ3) is 3.20. The predicted molar refractivity (Wildman–Crippen MR) is 88.5 cm³/mol. The number of carbonyl (C=O) groups excluding carboxylic acids is 1.